The average Bonchev–Trinajstić information content (AvgIpc) is 2.60. The van der Waals surface area contributed by atoms with Gasteiger partial charge in [-0.15, -0.1) is 0 Å². The number of pyridine rings is 1. The average molecular weight is 328 g/mol. The summed E-state index contributed by atoms with van der Waals surface area (Å²) in [5.74, 6) is -1.03. The van der Waals surface area contributed by atoms with Crippen LogP contribution in [0.1, 0.15) is 35.8 Å². The quantitative estimate of drug-likeness (QED) is 0.935. The third kappa shape index (κ3) is 3.10. The number of amides is 1. The highest BCUT2D eigenvalue weighted by atomic mass is 16.5. The van der Waals surface area contributed by atoms with E-state index in [-0.39, 0.29) is 25.0 Å². The van der Waals surface area contributed by atoms with Crippen LogP contribution in [0.2, 0.25) is 0 Å². The number of carboxylic acids is 1. The Bertz CT molecular complexity index is 788. The lowest BCUT2D eigenvalue weighted by Gasteiger charge is -2.31. The van der Waals surface area contributed by atoms with Gasteiger partial charge in [0, 0.05) is 17.6 Å². The summed E-state index contributed by atoms with van der Waals surface area (Å²) in [7, 11) is 0. The van der Waals surface area contributed by atoms with Crippen LogP contribution in [-0.4, -0.2) is 52.7 Å². The summed E-state index contributed by atoms with van der Waals surface area (Å²) in [6.07, 6.45) is -0.972. The molecule has 3 rings (SSSR count). The second kappa shape index (κ2) is 6.57. The maximum atomic E-state index is 13.0. The fraction of sp³-hybridized carbons (Fsp3) is 0.389. The number of hydrogen-bond acceptors (Lipinski definition) is 4. The number of para-hydroxylation sites is 1. The van der Waals surface area contributed by atoms with Crippen LogP contribution in [0, 0.1) is 0 Å². The molecule has 0 bridgehead atoms. The molecule has 0 radical (unpaired) electrons. The molecule has 0 aliphatic carbocycles. The molecule has 1 fully saturated rings. The Morgan fingerprint density at radius 2 is 2.08 bits per heavy atom. The van der Waals surface area contributed by atoms with E-state index in [0.29, 0.717) is 12.1 Å². The molecule has 1 aromatic heterocycles. The molecule has 1 saturated heterocycles. The van der Waals surface area contributed by atoms with Crippen molar-refractivity contribution < 1.29 is 19.4 Å². The van der Waals surface area contributed by atoms with E-state index in [1.165, 1.54) is 0 Å². The standard InChI is InChI=1S/C18H20N2O4/c1-11(2)15-9-13(12-5-3-4-6-14(12)19-15)17(21)20-7-8-24-16(10-20)18(22)23/h3-6,9,11,16H,7-8,10H2,1-2H3,(H,22,23)/t16-/m0/s1. The van der Waals surface area contributed by atoms with Crippen LogP contribution in [0.3, 0.4) is 0 Å². The summed E-state index contributed by atoms with van der Waals surface area (Å²) in [6, 6.07) is 9.34. The van der Waals surface area contributed by atoms with Crippen LogP contribution in [0.4, 0.5) is 0 Å². The first-order chi connectivity index (χ1) is 11.5. The van der Waals surface area contributed by atoms with Gasteiger partial charge in [-0.05, 0) is 18.1 Å². The molecule has 126 valence electrons. The number of morpholine rings is 1. The highest BCUT2D eigenvalue weighted by Gasteiger charge is 2.30. The third-order valence-electron chi connectivity index (χ3n) is 4.19. The van der Waals surface area contributed by atoms with Gasteiger partial charge in [0.05, 0.1) is 24.2 Å². The number of carbonyl (C=O) groups is 2. The van der Waals surface area contributed by atoms with Crippen molar-refractivity contribution in [3.05, 3.63) is 41.6 Å². The van der Waals surface area contributed by atoms with Gasteiger partial charge >= 0.3 is 5.97 Å². The molecule has 2 heterocycles. The van der Waals surface area contributed by atoms with Crippen LogP contribution in [0.25, 0.3) is 10.9 Å². The number of fused-ring (bicyclic) bond motifs is 1. The monoisotopic (exact) mass is 328 g/mol. The lowest BCUT2D eigenvalue weighted by molar-refractivity contribution is -0.154. The van der Waals surface area contributed by atoms with E-state index in [9.17, 15) is 9.59 Å². The van der Waals surface area contributed by atoms with Crippen molar-refractivity contribution in [2.24, 2.45) is 0 Å². The maximum Gasteiger partial charge on any atom is 0.334 e. The molecule has 1 N–H and O–H groups in total. The zero-order valence-corrected chi connectivity index (χ0v) is 13.7. The Kier molecular flexibility index (Phi) is 4.49. The van der Waals surface area contributed by atoms with E-state index in [4.69, 9.17) is 9.84 Å². The van der Waals surface area contributed by atoms with Gasteiger partial charge < -0.3 is 14.7 Å². The van der Waals surface area contributed by atoms with Gasteiger partial charge in [0.2, 0.25) is 0 Å². The van der Waals surface area contributed by atoms with Gasteiger partial charge in [0.25, 0.3) is 5.91 Å². The smallest absolute Gasteiger partial charge is 0.334 e. The van der Waals surface area contributed by atoms with Crippen LogP contribution in [-0.2, 0) is 9.53 Å². The number of benzene rings is 1. The highest BCUT2D eigenvalue weighted by Crippen LogP contribution is 2.24. The highest BCUT2D eigenvalue weighted by molar-refractivity contribution is 6.06. The molecule has 1 aromatic carbocycles. The van der Waals surface area contributed by atoms with Crippen molar-refractivity contribution >= 4 is 22.8 Å². The largest absolute Gasteiger partial charge is 0.479 e. The Morgan fingerprint density at radius 3 is 2.79 bits per heavy atom. The van der Waals surface area contributed by atoms with E-state index in [0.717, 1.165) is 16.6 Å². The van der Waals surface area contributed by atoms with Crippen LogP contribution in [0.15, 0.2) is 30.3 Å². The topological polar surface area (TPSA) is 79.7 Å². The summed E-state index contributed by atoms with van der Waals surface area (Å²) in [5, 5.41) is 9.91. The van der Waals surface area contributed by atoms with Gasteiger partial charge in [-0.1, -0.05) is 32.0 Å². The van der Waals surface area contributed by atoms with Crippen molar-refractivity contribution in [3.8, 4) is 0 Å². The molecule has 1 atom stereocenters. The molecule has 24 heavy (non-hydrogen) atoms. The second-order valence-corrected chi connectivity index (χ2v) is 6.22. The summed E-state index contributed by atoms with van der Waals surface area (Å²) in [5.41, 5.74) is 2.19. The normalized spacial score (nSPS) is 18.1. The lowest BCUT2D eigenvalue weighted by atomic mass is 10.0. The number of carbonyl (C=O) groups excluding carboxylic acids is 1. The van der Waals surface area contributed by atoms with Gasteiger partial charge in [0.15, 0.2) is 6.10 Å². The predicted molar refractivity (Wildman–Crippen MR) is 89.1 cm³/mol. The molecule has 1 amide bonds. The van der Waals surface area contributed by atoms with E-state index in [1.54, 1.807) is 4.90 Å². The Balaban J connectivity index is 2.01. The van der Waals surface area contributed by atoms with E-state index >= 15 is 0 Å². The number of rotatable bonds is 3. The fourth-order valence-corrected chi connectivity index (χ4v) is 2.82. The predicted octanol–water partition coefficient (Wildman–Crippen LogP) is 2.28. The maximum absolute atomic E-state index is 13.0. The van der Waals surface area contributed by atoms with Gasteiger partial charge in [-0.3, -0.25) is 9.78 Å². The van der Waals surface area contributed by atoms with Gasteiger partial charge in [-0.25, -0.2) is 4.79 Å². The number of ether oxygens (including phenoxy) is 1. The second-order valence-electron chi connectivity index (χ2n) is 6.22. The molecule has 0 unspecified atom stereocenters. The van der Waals surface area contributed by atoms with Crippen molar-refractivity contribution in [2.45, 2.75) is 25.9 Å². The summed E-state index contributed by atoms with van der Waals surface area (Å²) < 4.78 is 5.20. The lowest BCUT2D eigenvalue weighted by Crippen LogP contribution is -2.48. The number of hydrogen-bond donors (Lipinski definition) is 1. The molecule has 0 saturated carbocycles. The molecule has 1 aliphatic rings. The Labute approximate surface area is 140 Å². The van der Waals surface area contributed by atoms with Crippen molar-refractivity contribution in [2.75, 3.05) is 19.7 Å². The van der Waals surface area contributed by atoms with Crippen LogP contribution < -0.4 is 0 Å². The number of aromatic nitrogens is 1. The zero-order valence-electron chi connectivity index (χ0n) is 13.7. The molecule has 6 nitrogen and oxygen atoms in total. The van der Waals surface area contributed by atoms with E-state index in [2.05, 4.69) is 4.98 Å². The van der Waals surface area contributed by atoms with E-state index < -0.39 is 12.1 Å². The van der Waals surface area contributed by atoms with Gasteiger partial charge in [0.1, 0.15) is 0 Å². The van der Waals surface area contributed by atoms with Crippen molar-refractivity contribution in [1.82, 2.24) is 9.88 Å². The first-order valence-corrected chi connectivity index (χ1v) is 8.00. The molecule has 0 spiro atoms. The number of carboxylic acid groups (broad SMARTS) is 1. The van der Waals surface area contributed by atoms with Gasteiger partial charge in [-0.2, -0.15) is 0 Å². The Morgan fingerprint density at radius 1 is 1.33 bits per heavy atom. The first-order valence-electron chi connectivity index (χ1n) is 8.00. The van der Waals surface area contributed by atoms with Crippen molar-refractivity contribution in [1.29, 1.82) is 0 Å². The minimum Gasteiger partial charge on any atom is -0.479 e. The SMILES string of the molecule is CC(C)c1cc(C(=O)N2CCO[C@H](C(=O)O)C2)c2ccccc2n1. The minimum atomic E-state index is -1.05. The number of nitrogens with zero attached hydrogens (tertiary/aromatic N) is 2. The fourth-order valence-electron chi connectivity index (χ4n) is 2.82. The number of aliphatic carboxylic acids is 1. The van der Waals surface area contributed by atoms with Crippen LogP contribution in [0.5, 0.6) is 0 Å². The minimum absolute atomic E-state index is 0.0574. The molecule has 1 aliphatic heterocycles. The molecule has 6 heteroatoms. The first kappa shape index (κ1) is 16.4. The van der Waals surface area contributed by atoms with E-state index in [1.807, 2.05) is 44.2 Å². The molecular weight excluding hydrogens is 308 g/mol. The third-order valence-corrected chi connectivity index (χ3v) is 4.19. The molecule has 2 aromatic rings. The summed E-state index contributed by atoms with van der Waals surface area (Å²) in [6.45, 7) is 4.72. The zero-order chi connectivity index (χ0) is 17.3. The summed E-state index contributed by atoms with van der Waals surface area (Å²) in [4.78, 5) is 30.3. The molecular formula is C18H20N2O4. The Hall–Kier alpha value is -2.47. The summed E-state index contributed by atoms with van der Waals surface area (Å²) >= 11 is 0. The van der Waals surface area contributed by atoms with Crippen molar-refractivity contribution in [3.63, 3.8) is 0 Å². The van der Waals surface area contributed by atoms with Crippen LogP contribution >= 0.6 is 0 Å².